The Balaban J connectivity index is 1.89. The van der Waals surface area contributed by atoms with E-state index in [-0.39, 0.29) is 29.9 Å². The number of amides is 1. The van der Waals surface area contributed by atoms with Crippen LogP contribution in [0.5, 0.6) is 0 Å². The Labute approximate surface area is 225 Å². The minimum Gasteiger partial charge on any atom is -0.458 e. The summed E-state index contributed by atoms with van der Waals surface area (Å²) in [5.41, 5.74) is 4.06. The van der Waals surface area contributed by atoms with Gasteiger partial charge in [0.05, 0.1) is 5.56 Å². The van der Waals surface area contributed by atoms with Crippen LogP contribution < -0.4 is 5.32 Å². The lowest BCUT2D eigenvalue weighted by Gasteiger charge is -2.42. The van der Waals surface area contributed by atoms with Crippen LogP contribution in [-0.4, -0.2) is 44.4 Å². The van der Waals surface area contributed by atoms with E-state index in [1.807, 2.05) is 12.1 Å². The maximum Gasteiger partial charge on any atom is 0.338 e. The Morgan fingerprint density at radius 2 is 1.66 bits per heavy atom. The Hall–Kier alpha value is -3.49. The van der Waals surface area contributed by atoms with Crippen LogP contribution in [-0.2, 0) is 34.7 Å². The molecule has 38 heavy (non-hydrogen) atoms. The number of nitrogens with zero attached hydrogens (tertiary/aromatic N) is 1. The maximum atomic E-state index is 13.4. The fourth-order valence-electron chi connectivity index (χ4n) is 4.34. The van der Waals surface area contributed by atoms with Crippen LogP contribution in [0.15, 0.2) is 60.3 Å². The summed E-state index contributed by atoms with van der Waals surface area (Å²) < 4.78 is 15.5. The summed E-state index contributed by atoms with van der Waals surface area (Å²) in [5, 5.41) is 6.99. The first-order valence-electron chi connectivity index (χ1n) is 12.7. The average Bonchev–Trinajstić information content (AvgIpc) is 2.90. The van der Waals surface area contributed by atoms with E-state index in [4.69, 9.17) is 19.0 Å². The number of rotatable bonds is 11. The van der Waals surface area contributed by atoms with Crippen LogP contribution in [0.4, 0.5) is 5.69 Å². The smallest absolute Gasteiger partial charge is 0.338 e. The van der Waals surface area contributed by atoms with Crippen molar-refractivity contribution < 1.29 is 28.6 Å². The second-order valence-corrected chi connectivity index (χ2v) is 10.6. The molecular formula is C30H38N2O6. The average molecular weight is 523 g/mol. The van der Waals surface area contributed by atoms with E-state index in [0.29, 0.717) is 16.8 Å². The van der Waals surface area contributed by atoms with Crippen molar-refractivity contribution in [3.8, 4) is 0 Å². The monoisotopic (exact) mass is 522 g/mol. The highest BCUT2D eigenvalue weighted by Crippen LogP contribution is 2.46. The van der Waals surface area contributed by atoms with E-state index in [9.17, 15) is 9.59 Å². The first-order chi connectivity index (χ1) is 18.0. The molecule has 2 aromatic rings. The van der Waals surface area contributed by atoms with Gasteiger partial charge < -0.3 is 24.4 Å². The molecule has 0 saturated heterocycles. The molecule has 0 heterocycles. The van der Waals surface area contributed by atoms with Crippen molar-refractivity contribution in [3.05, 3.63) is 77.4 Å². The number of hydrogen-bond donors (Lipinski definition) is 1. The predicted molar refractivity (Wildman–Crippen MR) is 147 cm³/mol. The Kier molecular flexibility index (Phi) is 9.46. The van der Waals surface area contributed by atoms with Crippen molar-refractivity contribution in [3.63, 3.8) is 0 Å². The molecule has 0 spiro atoms. The molecule has 0 saturated carbocycles. The molecule has 3 rings (SSSR count). The molecule has 8 nitrogen and oxygen atoms in total. The molecule has 1 N–H and O–H groups in total. The highest BCUT2D eigenvalue weighted by atomic mass is 16.8. The lowest BCUT2D eigenvalue weighted by Crippen LogP contribution is -2.34. The molecule has 0 aliphatic heterocycles. The van der Waals surface area contributed by atoms with E-state index in [2.05, 4.69) is 50.8 Å². The highest BCUT2D eigenvalue weighted by Gasteiger charge is 2.37. The van der Waals surface area contributed by atoms with Crippen LogP contribution in [0.25, 0.3) is 0 Å². The number of ether oxygens (including phenoxy) is 3. The van der Waals surface area contributed by atoms with Gasteiger partial charge in [-0.15, -0.1) is 0 Å². The van der Waals surface area contributed by atoms with Crippen LogP contribution in [0.1, 0.15) is 74.5 Å². The number of hydrogen-bond acceptors (Lipinski definition) is 7. The topological polar surface area (TPSA) is 95.5 Å². The largest absolute Gasteiger partial charge is 0.458 e. The van der Waals surface area contributed by atoms with Crippen LogP contribution in [0.3, 0.4) is 0 Å². The molecule has 204 valence electrons. The number of methoxy groups -OCH3 is 1. The SMILES string of the molecule is C=CCOC(=O)c1ccc(NC(=O)/C(=N\OCOC(C)OC)c2ccc3c(c2)C(C)(C)CCC3(C)C)cc1. The molecule has 1 unspecified atom stereocenters. The van der Waals surface area contributed by atoms with E-state index in [1.54, 1.807) is 31.2 Å². The van der Waals surface area contributed by atoms with Crippen molar-refractivity contribution >= 4 is 23.3 Å². The summed E-state index contributed by atoms with van der Waals surface area (Å²) >= 11 is 0. The van der Waals surface area contributed by atoms with Crippen LogP contribution in [0.2, 0.25) is 0 Å². The van der Waals surface area contributed by atoms with Gasteiger partial charge in [0.15, 0.2) is 12.0 Å². The number of nitrogens with one attached hydrogen (secondary N) is 1. The Bertz CT molecular complexity index is 1180. The number of carbonyl (C=O) groups is 2. The van der Waals surface area contributed by atoms with Gasteiger partial charge in [0.1, 0.15) is 6.61 Å². The lowest BCUT2D eigenvalue weighted by molar-refractivity contribution is -0.174. The van der Waals surface area contributed by atoms with Gasteiger partial charge >= 0.3 is 5.97 Å². The van der Waals surface area contributed by atoms with E-state index < -0.39 is 18.2 Å². The number of anilines is 1. The van der Waals surface area contributed by atoms with E-state index in [1.165, 1.54) is 24.3 Å². The third-order valence-electron chi connectivity index (χ3n) is 6.90. The lowest BCUT2D eigenvalue weighted by atomic mass is 9.63. The number of benzene rings is 2. The third kappa shape index (κ3) is 7.08. The van der Waals surface area contributed by atoms with Crippen molar-refractivity contribution in [2.75, 3.05) is 25.8 Å². The molecule has 0 bridgehead atoms. The zero-order valence-electron chi connectivity index (χ0n) is 23.1. The van der Waals surface area contributed by atoms with Crippen LogP contribution in [0, 0.1) is 0 Å². The van der Waals surface area contributed by atoms with Gasteiger partial charge in [-0.25, -0.2) is 4.79 Å². The Morgan fingerprint density at radius 1 is 1.03 bits per heavy atom. The number of oxime groups is 1. The van der Waals surface area contributed by atoms with Crippen molar-refractivity contribution in [1.29, 1.82) is 0 Å². The van der Waals surface area contributed by atoms with E-state index in [0.717, 1.165) is 12.8 Å². The van der Waals surface area contributed by atoms with Gasteiger partial charge in [-0.1, -0.05) is 57.6 Å². The van der Waals surface area contributed by atoms with Gasteiger partial charge in [-0.2, -0.15) is 0 Å². The van der Waals surface area contributed by atoms with Crippen LogP contribution >= 0.6 is 0 Å². The molecule has 0 aromatic heterocycles. The van der Waals surface area contributed by atoms with E-state index >= 15 is 0 Å². The van der Waals surface area contributed by atoms with Gasteiger partial charge in [0, 0.05) is 18.4 Å². The molecular weight excluding hydrogens is 484 g/mol. The summed E-state index contributed by atoms with van der Waals surface area (Å²) in [6, 6.07) is 12.4. The molecule has 2 aromatic carbocycles. The van der Waals surface area contributed by atoms with Crippen molar-refractivity contribution in [2.45, 2.75) is 64.6 Å². The molecule has 1 aliphatic rings. The third-order valence-corrected chi connectivity index (χ3v) is 6.90. The van der Waals surface area contributed by atoms with Gasteiger partial charge in [-0.3, -0.25) is 4.79 Å². The minimum atomic E-state index is -0.481. The zero-order valence-corrected chi connectivity index (χ0v) is 23.1. The predicted octanol–water partition coefficient (Wildman–Crippen LogP) is 5.70. The van der Waals surface area contributed by atoms with Gasteiger partial charge in [0.2, 0.25) is 6.79 Å². The minimum absolute atomic E-state index is 0.0398. The summed E-state index contributed by atoms with van der Waals surface area (Å²) in [7, 11) is 1.52. The summed E-state index contributed by atoms with van der Waals surface area (Å²) in [5.74, 6) is -0.928. The van der Waals surface area contributed by atoms with Gasteiger partial charge in [-0.05, 0) is 72.1 Å². The standard InChI is InChI=1S/C30H38N2O6/c1-8-17-36-28(34)21-9-12-23(13-10-21)31-27(33)26(32-38-19-37-20(2)35-7)22-11-14-24-25(18-22)30(5,6)16-15-29(24,3)4/h8-14,18,20H,1,15-17,19H2,2-7H3,(H,31,33)/b32-26-. The first kappa shape index (κ1) is 29.1. The molecule has 0 radical (unpaired) electrons. The second-order valence-electron chi connectivity index (χ2n) is 10.6. The number of carbonyl (C=O) groups excluding carboxylic acids is 2. The number of esters is 1. The maximum absolute atomic E-state index is 13.4. The molecule has 1 atom stereocenters. The second kappa shape index (κ2) is 12.4. The molecule has 1 amide bonds. The Morgan fingerprint density at radius 3 is 2.29 bits per heavy atom. The molecule has 0 fully saturated rings. The summed E-state index contributed by atoms with van der Waals surface area (Å²) in [4.78, 5) is 30.8. The summed E-state index contributed by atoms with van der Waals surface area (Å²) in [6.45, 7) is 14.1. The zero-order chi connectivity index (χ0) is 27.9. The van der Waals surface area contributed by atoms with Crippen molar-refractivity contribution in [1.82, 2.24) is 0 Å². The quantitative estimate of drug-likeness (QED) is 0.102. The molecule has 1 aliphatic carbocycles. The summed E-state index contributed by atoms with van der Waals surface area (Å²) in [6.07, 6.45) is 3.14. The number of fused-ring (bicyclic) bond motifs is 1. The van der Waals surface area contributed by atoms with Crippen molar-refractivity contribution in [2.24, 2.45) is 5.16 Å². The van der Waals surface area contributed by atoms with Gasteiger partial charge in [0.25, 0.3) is 5.91 Å². The normalized spacial score (nSPS) is 16.6. The fourth-order valence-corrected chi connectivity index (χ4v) is 4.34. The first-order valence-corrected chi connectivity index (χ1v) is 12.7. The molecule has 8 heteroatoms. The fraction of sp³-hybridized carbons (Fsp3) is 0.433. The highest BCUT2D eigenvalue weighted by molar-refractivity contribution is 6.48.